The highest BCUT2D eigenvalue weighted by Gasteiger charge is 2.05. The Morgan fingerprint density at radius 3 is 3.07 bits per heavy atom. The summed E-state index contributed by atoms with van der Waals surface area (Å²) in [6.45, 7) is 0.572. The van der Waals surface area contributed by atoms with Crippen LogP contribution in [0, 0.1) is 11.3 Å². The Hall–Kier alpha value is -1.95. The molecule has 3 heteroatoms. The average Bonchev–Trinajstić information content (AvgIpc) is 2.27. The van der Waals surface area contributed by atoms with Gasteiger partial charge in [0.15, 0.2) is 0 Å². The van der Waals surface area contributed by atoms with E-state index in [1.807, 2.05) is 24.3 Å². The Morgan fingerprint density at radius 2 is 2.36 bits per heavy atom. The van der Waals surface area contributed by atoms with Crippen molar-refractivity contribution in [2.45, 2.75) is 0 Å². The maximum Gasteiger partial charge on any atom is 0.117 e. The molecule has 70 valence electrons. The van der Waals surface area contributed by atoms with Crippen LogP contribution in [0.3, 0.4) is 0 Å². The van der Waals surface area contributed by atoms with Crippen molar-refractivity contribution in [1.82, 2.24) is 0 Å². The molecule has 0 radical (unpaired) electrons. The number of rotatable bonds is 1. The molecule has 0 aliphatic carbocycles. The molecule has 1 heterocycles. The van der Waals surface area contributed by atoms with E-state index in [9.17, 15) is 0 Å². The van der Waals surface area contributed by atoms with E-state index in [0.29, 0.717) is 12.1 Å². The number of hydrogen-bond acceptors (Lipinski definition) is 2. The summed E-state index contributed by atoms with van der Waals surface area (Å²) >= 11 is 0. The molecule has 0 amide bonds. The molecule has 0 atom stereocenters. The van der Waals surface area contributed by atoms with Crippen LogP contribution in [-0.4, -0.2) is 13.7 Å². The van der Waals surface area contributed by atoms with Crippen LogP contribution in [0.4, 0.5) is 5.69 Å². The fourth-order valence-corrected chi connectivity index (χ4v) is 1.45. The van der Waals surface area contributed by atoms with E-state index in [2.05, 4.69) is 11.4 Å². The third-order valence-electron chi connectivity index (χ3n) is 2.17. The molecule has 0 spiro atoms. The Balaban J connectivity index is 2.50. The van der Waals surface area contributed by atoms with E-state index >= 15 is 0 Å². The number of nitrogens with zero attached hydrogens (tertiary/aromatic N) is 2. The second-order valence-corrected chi connectivity index (χ2v) is 2.95. The van der Waals surface area contributed by atoms with Gasteiger partial charge in [-0.15, -0.1) is 12.2 Å². The lowest BCUT2D eigenvalue weighted by Crippen LogP contribution is -1.94. The van der Waals surface area contributed by atoms with Crippen molar-refractivity contribution in [1.29, 1.82) is 5.26 Å². The summed E-state index contributed by atoms with van der Waals surface area (Å²) in [4.78, 5) is 0. The number of benzene rings is 1. The zero-order valence-corrected chi connectivity index (χ0v) is 7.82. The molecule has 0 aromatic heterocycles. The summed E-state index contributed by atoms with van der Waals surface area (Å²) in [5.41, 5.74) is 2.42. The first-order valence-corrected chi connectivity index (χ1v) is 4.31. The van der Waals surface area contributed by atoms with Gasteiger partial charge in [0.2, 0.25) is 0 Å². The lowest BCUT2D eigenvalue weighted by Gasteiger charge is -2.28. The van der Waals surface area contributed by atoms with Gasteiger partial charge in [-0.05, 0) is 17.7 Å². The number of allylic oxidation sites excluding steroid dienone is 1. The molecule has 0 unspecified atom stereocenters. The number of hydrogen-bond donors (Lipinski definition) is 0. The molecule has 0 saturated heterocycles. The van der Waals surface area contributed by atoms with Crippen molar-refractivity contribution >= 4 is 11.3 Å². The van der Waals surface area contributed by atoms with Gasteiger partial charge < -0.3 is 10.1 Å². The van der Waals surface area contributed by atoms with E-state index in [1.54, 1.807) is 7.11 Å². The van der Waals surface area contributed by atoms with E-state index in [-0.39, 0.29) is 0 Å². The van der Waals surface area contributed by atoms with Crippen LogP contribution in [0.2, 0.25) is 0 Å². The first-order chi connectivity index (χ1) is 6.85. The van der Waals surface area contributed by atoms with Crippen molar-refractivity contribution in [2.75, 3.05) is 13.7 Å². The molecule has 3 nitrogen and oxygen atoms in total. The topological polar surface area (TPSA) is 47.1 Å². The molecular formula is C11H9N2O-. The minimum absolute atomic E-state index is 0.572. The van der Waals surface area contributed by atoms with Gasteiger partial charge in [-0.25, -0.2) is 0 Å². The Labute approximate surface area is 82.6 Å². The van der Waals surface area contributed by atoms with E-state index in [0.717, 1.165) is 17.0 Å². The van der Waals surface area contributed by atoms with Gasteiger partial charge in [0.05, 0.1) is 18.8 Å². The highest BCUT2D eigenvalue weighted by Crippen LogP contribution is 2.36. The Kier molecular flexibility index (Phi) is 2.11. The van der Waals surface area contributed by atoms with Crippen LogP contribution in [0.5, 0.6) is 5.75 Å². The number of fused-ring (bicyclic) bond motifs is 1. The van der Waals surface area contributed by atoms with E-state index in [4.69, 9.17) is 10.00 Å². The molecule has 0 N–H and O–H groups in total. The van der Waals surface area contributed by atoms with Crippen LogP contribution in [0.1, 0.15) is 5.56 Å². The third-order valence-corrected chi connectivity index (χ3v) is 2.17. The van der Waals surface area contributed by atoms with Crippen LogP contribution in [0.25, 0.3) is 10.9 Å². The predicted molar refractivity (Wildman–Crippen MR) is 54.5 cm³/mol. The second-order valence-electron chi connectivity index (χ2n) is 2.95. The largest absolute Gasteiger partial charge is 0.681 e. The summed E-state index contributed by atoms with van der Waals surface area (Å²) in [7, 11) is 1.62. The maximum atomic E-state index is 8.87. The first-order valence-electron chi connectivity index (χ1n) is 4.31. The minimum Gasteiger partial charge on any atom is -0.681 e. The van der Waals surface area contributed by atoms with Crippen LogP contribution >= 0.6 is 0 Å². The molecule has 14 heavy (non-hydrogen) atoms. The zero-order chi connectivity index (χ0) is 9.97. The summed E-state index contributed by atoms with van der Waals surface area (Å²) in [6.07, 6.45) is 1.83. The van der Waals surface area contributed by atoms with Crippen molar-refractivity contribution in [2.24, 2.45) is 0 Å². The minimum atomic E-state index is 0.572. The Morgan fingerprint density at radius 1 is 1.50 bits per heavy atom. The SMILES string of the molecule is COc1ccc2c(c1)[N-]CC=C2C#N. The number of nitriles is 1. The summed E-state index contributed by atoms with van der Waals surface area (Å²) in [6, 6.07) is 7.71. The zero-order valence-electron chi connectivity index (χ0n) is 7.82. The van der Waals surface area contributed by atoms with E-state index < -0.39 is 0 Å². The fraction of sp³-hybridized carbons (Fsp3) is 0.182. The van der Waals surface area contributed by atoms with Gasteiger partial charge in [0.25, 0.3) is 0 Å². The van der Waals surface area contributed by atoms with Crippen molar-refractivity contribution in [3.63, 3.8) is 0 Å². The lowest BCUT2D eigenvalue weighted by molar-refractivity contribution is 0.415. The van der Waals surface area contributed by atoms with E-state index in [1.165, 1.54) is 0 Å². The van der Waals surface area contributed by atoms with Crippen LogP contribution in [-0.2, 0) is 0 Å². The number of ether oxygens (including phenoxy) is 1. The quantitative estimate of drug-likeness (QED) is 0.675. The van der Waals surface area contributed by atoms with Gasteiger partial charge in [-0.2, -0.15) is 5.26 Å². The smallest absolute Gasteiger partial charge is 0.117 e. The molecule has 1 aliphatic heterocycles. The number of methoxy groups -OCH3 is 1. The molecule has 0 fully saturated rings. The average molecular weight is 185 g/mol. The van der Waals surface area contributed by atoms with Crippen LogP contribution in [0.15, 0.2) is 24.3 Å². The highest BCUT2D eigenvalue weighted by atomic mass is 16.5. The molecule has 1 aromatic rings. The third kappa shape index (κ3) is 1.31. The van der Waals surface area contributed by atoms with Crippen molar-refractivity contribution in [3.8, 4) is 11.8 Å². The standard InChI is InChI=1S/C11H9N2O/c1-14-9-2-3-10-8(7-12)4-5-13-11(10)6-9/h2-4,6H,5H2,1H3/q-1. The Bertz CT molecular complexity index is 429. The summed E-state index contributed by atoms with van der Waals surface area (Å²) in [5.74, 6) is 0.770. The molecule has 1 aromatic carbocycles. The second kappa shape index (κ2) is 3.43. The lowest BCUT2D eigenvalue weighted by atomic mass is 10.0. The summed E-state index contributed by atoms with van der Waals surface area (Å²) < 4.78 is 5.09. The molecule has 0 bridgehead atoms. The van der Waals surface area contributed by atoms with Gasteiger partial charge in [-0.1, -0.05) is 12.1 Å². The summed E-state index contributed by atoms with van der Waals surface area (Å²) in [5, 5.41) is 13.2. The monoisotopic (exact) mass is 185 g/mol. The van der Waals surface area contributed by atoms with Gasteiger partial charge in [0.1, 0.15) is 5.75 Å². The van der Waals surface area contributed by atoms with Crippen molar-refractivity contribution < 1.29 is 4.74 Å². The van der Waals surface area contributed by atoms with Gasteiger partial charge in [0, 0.05) is 0 Å². The van der Waals surface area contributed by atoms with Gasteiger partial charge in [-0.3, -0.25) is 0 Å². The normalized spacial score (nSPS) is 13.3. The molecule has 0 saturated carbocycles. The fourth-order valence-electron chi connectivity index (χ4n) is 1.45. The van der Waals surface area contributed by atoms with Crippen LogP contribution < -0.4 is 4.74 Å². The first kappa shape index (κ1) is 8.64. The molecule has 1 aliphatic rings. The van der Waals surface area contributed by atoms with Gasteiger partial charge >= 0.3 is 0 Å². The maximum absolute atomic E-state index is 8.87. The van der Waals surface area contributed by atoms with Crippen molar-refractivity contribution in [3.05, 3.63) is 35.2 Å². The predicted octanol–water partition coefficient (Wildman–Crippen LogP) is 2.62. The molecular weight excluding hydrogens is 176 g/mol. The highest BCUT2D eigenvalue weighted by molar-refractivity contribution is 5.88. The molecule has 2 rings (SSSR count).